The van der Waals surface area contributed by atoms with E-state index in [0.29, 0.717) is 17.6 Å². The molecule has 0 bridgehead atoms. The number of hydrogen-bond donors (Lipinski definition) is 1. The molecule has 0 aliphatic heterocycles. The summed E-state index contributed by atoms with van der Waals surface area (Å²) >= 11 is 0. The Balaban J connectivity index is 2.40. The van der Waals surface area contributed by atoms with Crippen LogP contribution in [0.4, 0.5) is 0 Å². The normalized spacial score (nSPS) is 15.9. The first-order chi connectivity index (χ1) is 14.2. The van der Waals surface area contributed by atoms with Crippen LogP contribution in [0.15, 0.2) is 69.9 Å². The molecule has 0 heterocycles. The standard InChI is InChI=1S/C27H38O3/c1-20(2)9-6-13-24(19-28)14-8-12-21(3)10-7-11-22(4)15-16-25-18-26(29)23(5)17-27(25)30/h9-10,14-15,17-18,28H,6-8,11-13,16,19H2,1-5H3. The second kappa shape index (κ2) is 13.9. The fourth-order valence-electron chi connectivity index (χ4n) is 3.19. The van der Waals surface area contributed by atoms with Gasteiger partial charge in [0.1, 0.15) is 0 Å². The highest BCUT2D eigenvalue weighted by Crippen LogP contribution is 2.18. The Kier molecular flexibility index (Phi) is 11.9. The lowest BCUT2D eigenvalue weighted by Crippen LogP contribution is -2.11. The van der Waals surface area contributed by atoms with Crippen LogP contribution in [-0.4, -0.2) is 23.3 Å². The zero-order chi connectivity index (χ0) is 22.5. The van der Waals surface area contributed by atoms with Crippen molar-refractivity contribution in [1.82, 2.24) is 0 Å². The van der Waals surface area contributed by atoms with Gasteiger partial charge in [-0.1, -0.05) is 41.0 Å². The van der Waals surface area contributed by atoms with Crippen LogP contribution in [0.1, 0.15) is 79.6 Å². The average Bonchev–Trinajstić information content (AvgIpc) is 2.68. The van der Waals surface area contributed by atoms with Crippen molar-refractivity contribution < 1.29 is 14.7 Å². The van der Waals surface area contributed by atoms with E-state index < -0.39 is 0 Å². The summed E-state index contributed by atoms with van der Waals surface area (Å²) in [6.45, 7) is 10.2. The van der Waals surface area contributed by atoms with E-state index >= 15 is 0 Å². The number of carbonyl (C=O) groups excluding carboxylic acids is 2. The first-order valence-corrected chi connectivity index (χ1v) is 10.9. The maximum Gasteiger partial charge on any atom is 0.182 e. The van der Waals surface area contributed by atoms with Crippen molar-refractivity contribution in [3.63, 3.8) is 0 Å². The van der Waals surface area contributed by atoms with Crippen LogP contribution in [0.5, 0.6) is 0 Å². The Morgan fingerprint density at radius 3 is 2.03 bits per heavy atom. The second-order valence-electron chi connectivity index (χ2n) is 8.45. The van der Waals surface area contributed by atoms with Gasteiger partial charge in [0.2, 0.25) is 0 Å². The number of rotatable bonds is 12. The molecule has 3 nitrogen and oxygen atoms in total. The lowest BCUT2D eigenvalue weighted by Gasteiger charge is -2.08. The lowest BCUT2D eigenvalue weighted by atomic mass is 9.95. The van der Waals surface area contributed by atoms with Crippen molar-refractivity contribution in [3.8, 4) is 0 Å². The van der Waals surface area contributed by atoms with E-state index in [4.69, 9.17) is 0 Å². The summed E-state index contributed by atoms with van der Waals surface area (Å²) in [6, 6.07) is 0. The molecule has 1 rings (SSSR count). The summed E-state index contributed by atoms with van der Waals surface area (Å²) in [5.74, 6) is -0.118. The Morgan fingerprint density at radius 1 is 0.800 bits per heavy atom. The Labute approximate surface area is 182 Å². The van der Waals surface area contributed by atoms with Crippen molar-refractivity contribution in [1.29, 1.82) is 0 Å². The van der Waals surface area contributed by atoms with Gasteiger partial charge < -0.3 is 5.11 Å². The Morgan fingerprint density at radius 2 is 1.40 bits per heavy atom. The minimum Gasteiger partial charge on any atom is -0.392 e. The van der Waals surface area contributed by atoms with Gasteiger partial charge in [0, 0.05) is 11.1 Å². The summed E-state index contributed by atoms with van der Waals surface area (Å²) < 4.78 is 0. The van der Waals surface area contributed by atoms with Crippen molar-refractivity contribution in [2.45, 2.75) is 79.6 Å². The smallest absolute Gasteiger partial charge is 0.182 e. The van der Waals surface area contributed by atoms with Crippen molar-refractivity contribution in [2.24, 2.45) is 0 Å². The molecule has 1 aliphatic rings. The van der Waals surface area contributed by atoms with Gasteiger partial charge in [-0.2, -0.15) is 0 Å². The molecule has 1 N–H and O–H groups in total. The summed E-state index contributed by atoms with van der Waals surface area (Å²) in [7, 11) is 0. The fraction of sp³-hybridized carbons (Fsp3) is 0.481. The predicted molar refractivity (Wildman–Crippen MR) is 126 cm³/mol. The van der Waals surface area contributed by atoms with Gasteiger partial charge in [-0.15, -0.1) is 0 Å². The third-order valence-electron chi connectivity index (χ3n) is 5.25. The predicted octanol–water partition coefficient (Wildman–Crippen LogP) is 6.52. The lowest BCUT2D eigenvalue weighted by molar-refractivity contribution is -0.115. The summed E-state index contributed by atoms with van der Waals surface area (Å²) in [4.78, 5) is 23.7. The molecule has 0 aromatic heterocycles. The van der Waals surface area contributed by atoms with Crippen LogP contribution in [0.25, 0.3) is 0 Å². The van der Waals surface area contributed by atoms with Crippen LogP contribution < -0.4 is 0 Å². The molecule has 0 fully saturated rings. The summed E-state index contributed by atoms with van der Waals surface area (Å²) in [5, 5.41) is 9.49. The number of hydrogen-bond acceptors (Lipinski definition) is 3. The van der Waals surface area contributed by atoms with Crippen molar-refractivity contribution in [3.05, 3.63) is 69.9 Å². The molecular weight excluding hydrogens is 372 g/mol. The van der Waals surface area contributed by atoms with E-state index in [1.54, 1.807) is 6.92 Å². The number of carbonyl (C=O) groups is 2. The van der Waals surface area contributed by atoms with Crippen LogP contribution in [0, 0.1) is 0 Å². The molecule has 0 radical (unpaired) electrons. The number of aliphatic hydroxyl groups excluding tert-OH is 1. The maximum absolute atomic E-state index is 12.0. The molecule has 0 spiro atoms. The quantitative estimate of drug-likeness (QED) is 0.294. The topological polar surface area (TPSA) is 54.4 Å². The van der Waals surface area contributed by atoms with E-state index in [2.05, 4.69) is 52.0 Å². The zero-order valence-electron chi connectivity index (χ0n) is 19.4. The first-order valence-electron chi connectivity index (χ1n) is 10.9. The minimum absolute atomic E-state index is 0.0527. The highest BCUT2D eigenvalue weighted by molar-refractivity contribution is 6.19. The zero-order valence-corrected chi connectivity index (χ0v) is 19.4. The Hall–Kier alpha value is -2.26. The summed E-state index contributed by atoms with van der Waals surface area (Å²) in [5.41, 5.74) is 6.11. The molecule has 0 aromatic rings. The fourth-order valence-corrected chi connectivity index (χ4v) is 3.19. The molecule has 0 aromatic carbocycles. The molecule has 1 aliphatic carbocycles. The third-order valence-corrected chi connectivity index (χ3v) is 5.25. The molecule has 0 unspecified atom stereocenters. The highest BCUT2D eigenvalue weighted by atomic mass is 16.3. The molecule has 30 heavy (non-hydrogen) atoms. The van der Waals surface area contributed by atoms with Crippen LogP contribution in [0.2, 0.25) is 0 Å². The Bertz CT molecular complexity index is 794. The monoisotopic (exact) mass is 410 g/mol. The van der Waals surface area contributed by atoms with Gasteiger partial charge in [-0.05, 0) is 97.3 Å². The van der Waals surface area contributed by atoms with Gasteiger partial charge in [0.05, 0.1) is 6.61 Å². The van der Waals surface area contributed by atoms with Crippen molar-refractivity contribution >= 4 is 11.6 Å². The van der Waals surface area contributed by atoms with E-state index in [1.807, 2.05) is 0 Å². The molecule has 0 amide bonds. The van der Waals surface area contributed by atoms with Crippen LogP contribution in [-0.2, 0) is 9.59 Å². The van der Waals surface area contributed by atoms with Gasteiger partial charge in [0.25, 0.3) is 0 Å². The van der Waals surface area contributed by atoms with Crippen LogP contribution in [0.3, 0.4) is 0 Å². The van der Waals surface area contributed by atoms with E-state index in [0.717, 1.165) is 44.1 Å². The average molecular weight is 411 g/mol. The number of ketones is 2. The molecule has 0 saturated heterocycles. The molecule has 164 valence electrons. The molecule has 3 heteroatoms. The number of aliphatic hydroxyl groups is 1. The first kappa shape index (κ1) is 25.8. The third kappa shape index (κ3) is 10.5. The molecular formula is C27H38O3. The maximum atomic E-state index is 12.0. The SMILES string of the molecule is CC(C)=CCCC(=CCCC(C)=CCCC(C)=CCC1=CC(=O)C(C)=CC1=O)CO. The van der Waals surface area contributed by atoms with Gasteiger partial charge >= 0.3 is 0 Å². The van der Waals surface area contributed by atoms with Crippen LogP contribution >= 0.6 is 0 Å². The van der Waals surface area contributed by atoms with E-state index in [1.165, 1.54) is 28.9 Å². The van der Waals surface area contributed by atoms with Gasteiger partial charge in [-0.25, -0.2) is 0 Å². The van der Waals surface area contributed by atoms with Gasteiger partial charge in [-0.3, -0.25) is 9.59 Å². The molecule has 0 atom stereocenters. The minimum atomic E-state index is -0.0652. The molecule has 0 saturated carbocycles. The van der Waals surface area contributed by atoms with Crippen molar-refractivity contribution in [2.75, 3.05) is 6.61 Å². The highest BCUT2D eigenvalue weighted by Gasteiger charge is 2.16. The largest absolute Gasteiger partial charge is 0.392 e. The number of allylic oxidation sites excluding steroid dienone is 11. The van der Waals surface area contributed by atoms with E-state index in [9.17, 15) is 14.7 Å². The van der Waals surface area contributed by atoms with E-state index in [-0.39, 0.29) is 18.2 Å². The second-order valence-corrected chi connectivity index (χ2v) is 8.45. The summed E-state index contributed by atoms with van der Waals surface area (Å²) in [6.07, 6.45) is 17.9. The van der Waals surface area contributed by atoms with Gasteiger partial charge in [0.15, 0.2) is 11.6 Å².